The Kier molecular flexibility index (Phi) is 2.18. The largest absolute Gasteiger partial charge is 0.477 e. The second kappa shape index (κ2) is 3.49. The Morgan fingerprint density at radius 3 is 3.00 bits per heavy atom. The van der Waals surface area contributed by atoms with Crippen molar-refractivity contribution in [2.75, 3.05) is 12.3 Å². The number of para-hydroxylation sites is 1. The van der Waals surface area contributed by atoms with Gasteiger partial charge in [0.1, 0.15) is 11.8 Å². The number of rotatable bonds is 2. The first-order valence-electron chi connectivity index (χ1n) is 4.45. The van der Waals surface area contributed by atoms with E-state index in [1.165, 1.54) is 6.33 Å². The van der Waals surface area contributed by atoms with Crippen molar-refractivity contribution in [2.24, 2.45) is 0 Å². The second-order valence-electron chi connectivity index (χ2n) is 2.86. The number of hydrogen-bond acceptors (Lipinski definition) is 4. The Balaban J connectivity index is 2.68. The number of ether oxygens (including phenoxy) is 1. The zero-order chi connectivity index (χ0) is 9.97. The molecule has 1 aromatic heterocycles. The van der Waals surface area contributed by atoms with Crippen LogP contribution in [0.3, 0.4) is 0 Å². The minimum Gasteiger partial charge on any atom is -0.477 e. The normalized spacial score (nSPS) is 10.4. The van der Waals surface area contributed by atoms with Gasteiger partial charge in [0.05, 0.1) is 17.7 Å². The third kappa shape index (κ3) is 1.35. The summed E-state index contributed by atoms with van der Waals surface area (Å²) in [5, 5.41) is 0.856. The highest BCUT2D eigenvalue weighted by molar-refractivity contribution is 5.92. The zero-order valence-electron chi connectivity index (χ0n) is 7.90. The summed E-state index contributed by atoms with van der Waals surface area (Å²) in [5.41, 5.74) is 7.16. The monoisotopic (exact) mass is 189 g/mol. The lowest BCUT2D eigenvalue weighted by Gasteiger charge is -2.05. The molecule has 4 nitrogen and oxygen atoms in total. The molecule has 0 amide bonds. The van der Waals surface area contributed by atoms with Crippen LogP contribution in [0.25, 0.3) is 10.9 Å². The average Bonchev–Trinajstić information content (AvgIpc) is 2.20. The van der Waals surface area contributed by atoms with Gasteiger partial charge in [0.2, 0.25) is 5.88 Å². The SMILES string of the molecule is CCOc1ncnc2c(N)cccc12. The summed E-state index contributed by atoms with van der Waals surface area (Å²) in [6.45, 7) is 2.50. The fraction of sp³-hybridized carbons (Fsp3) is 0.200. The van der Waals surface area contributed by atoms with E-state index < -0.39 is 0 Å². The third-order valence-corrected chi connectivity index (χ3v) is 1.94. The van der Waals surface area contributed by atoms with Crippen molar-refractivity contribution in [1.29, 1.82) is 0 Å². The summed E-state index contributed by atoms with van der Waals surface area (Å²) in [6, 6.07) is 5.57. The van der Waals surface area contributed by atoms with Gasteiger partial charge in [-0.2, -0.15) is 0 Å². The minimum absolute atomic E-state index is 0.584. The molecular formula is C10H11N3O. The van der Waals surface area contributed by atoms with E-state index in [2.05, 4.69) is 9.97 Å². The molecule has 1 aromatic carbocycles. The van der Waals surface area contributed by atoms with Crippen LogP contribution in [0.4, 0.5) is 5.69 Å². The minimum atomic E-state index is 0.584. The lowest BCUT2D eigenvalue weighted by atomic mass is 10.2. The Bertz CT molecular complexity index is 456. The molecular weight excluding hydrogens is 178 g/mol. The predicted molar refractivity (Wildman–Crippen MR) is 55.1 cm³/mol. The Morgan fingerprint density at radius 2 is 2.21 bits per heavy atom. The van der Waals surface area contributed by atoms with Crippen LogP contribution in [0.2, 0.25) is 0 Å². The molecule has 0 bridgehead atoms. The van der Waals surface area contributed by atoms with Gasteiger partial charge in [-0.3, -0.25) is 0 Å². The van der Waals surface area contributed by atoms with Gasteiger partial charge in [0.15, 0.2) is 0 Å². The Hall–Kier alpha value is -1.84. The molecule has 0 aliphatic rings. The van der Waals surface area contributed by atoms with Crippen LogP contribution >= 0.6 is 0 Å². The summed E-state index contributed by atoms with van der Waals surface area (Å²) >= 11 is 0. The number of hydrogen-bond donors (Lipinski definition) is 1. The van der Waals surface area contributed by atoms with Crippen molar-refractivity contribution in [3.8, 4) is 5.88 Å². The third-order valence-electron chi connectivity index (χ3n) is 1.94. The van der Waals surface area contributed by atoms with E-state index in [1.807, 2.05) is 25.1 Å². The van der Waals surface area contributed by atoms with Gasteiger partial charge in [-0.1, -0.05) is 6.07 Å². The summed E-state index contributed by atoms with van der Waals surface area (Å²) in [6.07, 6.45) is 1.46. The van der Waals surface area contributed by atoms with Crippen LogP contribution < -0.4 is 10.5 Å². The highest BCUT2D eigenvalue weighted by Gasteiger charge is 2.05. The van der Waals surface area contributed by atoms with Crippen LogP contribution in [-0.4, -0.2) is 16.6 Å². The molecule has 2 rings (SSSR count). The molecule has 1 heterocycles. The van der Waals surface area contributed by atoms with Gasteiger partial charge in [-0.25, -0.2) is 9.97 Å². The van der Waals surface area contributed by atoms with E-state index >= 15 is 0 Å². The molecule has 4 heteroatoms. The molecule has 0 spiro atoms. The van der Waals surface area contributed by atoms with E-state index in [9.17, 15) is 0 Å². The smallest absolute Gasteiger partial charge is 0.224 e. The molecule has 0 aliphatic carbocycles. The number of nitrogen functional groups attached to an aromatic ring is 1. The molecule has 0 fully saturated rings. The number of aromatic nitrogens is 2. The van der Waals surface area contributed by atoms with Gasteiger partial charge in [-0.05, 0) is 19.1 Å². The maximum absolute atomic E-state index is 5.78. The van der Waals surface area contributed by atoms with Crippen molar-refractivity contribution in [3.05, 3.63) is 24.5 Å². The molecule has 0 saturated heterocycles. The summed E-state index contributed by atoms with van der Waals surface area (Å²) in [4.78, 5) is 8.16. The lowest BCUT2D eigenvalue weighted by Crippen LogP contribution is -1.97. The van der Waals surface area contributed by atoms with Crippen LogP contribution in [0, 0.1) is 0 Å². The van der Waals surface area contributed by atoms with Gasteiger partial charge in [0, 0.05) is 0 Å². The number of benzene rings is 1. The molecule has 0 unspecified atom stereocenters. The molecule has 2 N–H and O–H groups in total. The quantitative estimate of drug-likeness (QED) is 0.729. The van der Waals surface area contributed by atoms with Crippen molar-refractivity contribution in [1.82, 2.24) is 9.97 Å². The standard InChI is InChI=1S/C10H11N3O/c1-2-14-10-7-4-3-5-8(11)9(7)12-6-13-10/h3-6H,2,11H2,1H3. The van der Waals surface area contributed by atoms with E-state index in [1.54, 1.807) is 0 Å². The molecule has 0 aliphatic heterocycles. The van der Waals surface area contributed by atoms with Crippen LogP contribution in [-0.2, 0) is 0 Å². The Morgan fingerprint density at radius 1 is 1.36 bits per heavy atom. The second-order valence-corrected chi connectivity index (χ2v) is 2.86. The van der Waals surface area contributed by atoms with E-state index in [4.69, 9.17) is 10.5 Å². The van der Waals surface area contributed by atoms with Crippen LogP contribution in [0.1, 0.15) is 6.92 Å². The summed E-state index contributed by atoms with van der Waals surface area (Å²) in [5.74, 6) is 0.588. The number of anilines is 1. The van der Waals surface area contributed by atoms with Gasteiger partial charge < -0.3 is 10.5 Å². The molecule has 14 heavy (non-hydrogen) atoms. The van der Waals surface area contributed by atoms with Gasteiger partial charge in [0.25, 0.3) is 0 Å². The number of fused-ring (bicyclic) bond motifs is 1. The van der Waals surface area contributed by atoms with E-state index in [0.717, 1.165) is 10.9 Å². The maximum atomic E-state index is 5.78. The predicted octanol–water partition coefficient (Wildman–Crippen LogP) is 1.61. The van der Waals surface area contributed by atoms with Crippen molar-refractivity contribution in [2.45, 2.75) is 6.92 Å². The van der Waals surface area contributed by atoms with E-state index in [-0.39, 0.29) is 0 Å². The fourth-order valence-electron chi connectivity index (χ4n) is 1.34. The molecule has 0 radical (unpaired) electrons. The molecule has 0 saturated carbocycles. The van der Waals surface area contributed by atoms with Crippen molar-refractivity contribution >= 4 is 16.6 Å². The van der Waals surface area contributed by atoms with Gasteiger partial charge >= 0.3 is 0 Å². The van der Waals surface area contributed by atoms with Crippen molar-refractivity contribution < 1.29 is 4.74 Å². The summed E-state index contributed by atoms with van der Waals surface area (Å²) in [7, 11) is 0. The van der Waals surface area contributed by atoms with Crippen LogP contribution in [0.5, 0.6) is 5.88 Å². The Labute approximate surface area is 81.7 Å². The first-order chi connectivity index (χ1) is 6.83. The molecule has 72 valence electrons. The fourth-order valence-corrected chi connectivity index (χ4v) is 1.34. The number of nitrogens with two attached hydrogens (primary N) is 1. The first-order valence-corrected chi connectivity index (χ1v) is 4.45. The molecule has 2 aromatic rings. The number of nitrogens with zero attached hydrogens (tertiary/aromatic N) is 2. The highest BCUT2D eigenvalue weighted by Crippen LogP contribution is 2.24. The first kappa shape index (κ1) is 8.74. The topological polar surface area (TPSA) is 61.0 Å². The maximum Gasteiger partial charge on any atom is 0.224 e. The van der Waals surface area contributed by atoms with Crippen molar-refractivity contribution in [3.63, 3.8) is 0 Å². The lowest BCUT2D eigenvalue weighted by molar-refractivity contribution is 0.331. The zero-order valence-corrected chi connectivity index (χ0v) is 7.90. The van der Waals surface area contributed by atoms with Gasteiger partial charge in [-0.15, -0.1) is 0 Å². The van der Waals surface area contributed by atoms with Crippen LogP contribution in [0.15, 0.2) is 24.5 Å². The molecule has 0 atom stereocenters. The summed E-state index contributed by atoms with van der Waals surface area (Å²) < 4.78 is 5.37. The average molecular weight is 189 g/mol. The van der Waals surface area contributed by atoms with E-state index in [0.29, 0.717) is 18.2 Å². The highest BCUT2D eigenvalue weighted by atomic mass is 16.5.